The summed E-state index contributed by atoms with van der Waals surface area (Å²) < 4.78 is 19.9. The number of ether oxygens (including phenoxy) is 1. The van der Waals surface area contributed by atoms with Crippen LogP contribution in [0, 0.1) is 5.92 Å². The third-order valence-corrected chi connectivity index (χ3v) is 6.36. The summed E-state index contributed by atoms with van der Waals surface area (Å²) in [6, 6.07) is 7.78. The molecule has 1 aromatic carbocycles. The molecule has 0 radical (unpaired) electrons. The van der Waals surface area contributed by atoms with E-state index in [0.29, 0.717) is 25.4 Å². The van der Waals surface area contributed by atoms with Gasteiger partial charge in [-0.1, -0.05) is 72.1 Å². The zero-order valence-electron chi connectivity index (χ0n) is 21.2. The SMILES string of the molecule is CCCCCCCCc1cnc(-c2ccc(OCCC(F)CCC(C)CCCC)cc2)nc1. The zero-order chi connectivity index (χ0) is 23.7. The summed E-state index contributed by atoms with van der Waals surface area (Å²) in [6.45, 7) is 7.09. The van der Waals surface area contributed by atoms with Crippen molar-refractivity contribution < 1.29 is 9.13 Å². The van der Waals surface area contributed by atoms with Gasteiger partial charge in [0.2, 0.25) is 0 Å². The van der Waals surface area contributed by atoms with E-state index in [0.717, 1.165) is 30.0 Å². The summed E-state index contributed by atoms with van der Waals surface area (Å²) in [5, 5.41) is 0. The van der Waals surface area contributed by atoms with Gasteiger partial charge in [-0.3, -0.25) is 0 Å². The first-order chi connectivity index (χ1) is 16.1. The molecule has 0 aliphatic rings. The lowest BCUT2D eigenvalue weighted by atomic mass is 9.97. The largest absolute Gasteiger partial charge is 0.493 e. The monoisotopic (exact) mass is 456 g/mol. The Labute approximate surface area is 201 Å². The number of rotatable bonds is 18. The molecular weight excluding hydrogens is 411 g/mol. The van der Waals surface area contributed by atoms with Crippen molar-refractivity contribution in [3.63, 3.8) is 0 Å². The predicted octanol–water partition coefficient (Wildman–Crippen LogP) is 8.76. The van der Waals surface area contributed by atoms with Crippen LogP contribution in [0.15, 0.2) is 36.7 Å². The molecule has 3 nitrogen and oxygen atoms in total. The molecule has 0 fully saturated rings. The zero-order valence-corrected chi connectivity index (χ0v) is 21.2. The minimum absolute atomic E-state index is 0.410. The molecule has 1 heterocycles. The Hall–Kier alpha value is -1.97. The molecule has 0 bridgehead atoms. The highest BCUT2D eigenvalue weighted by Gasteiger charge is 2.10. The molecule has 0 saturated heterocycles. The van der Waals surface area contributed by atoms with E-state index in [1.165, 1.54) is 63.4 Å². The van der Waals surface area contributed by atoms with Crippen LogP contribution in [0.25, 0.3) is 11.4 Å². The number of benzene rings is 1. The fourth-order valence-corrected chi connectivity index (χ4v) is 4.05. The van der Waals surface area contributed by atoms with E-state index in [4.69, 9.17) is 4.74 Å². The molecule has 184 valence electrons. The number of aromatic nitrogens is 2. The molecule has 4 heteroatoms. The van der Waals surface area contributed by atoms with Gasteiger partial charge in [-0.15, -0.1) is 0 Å². The van der Waals surface area contributed by atoms with Gasteiger partial charge in [0.15, 0.2) is 5.82 Å². The van der Waals surface area contributed by atoms with Crippen molar-refractivity contribution in [3.05, 3.63) is 42.2 Å². The number of halogens is 1. The average molecular weight is 457 g/mol. The van der Waals surface area contributed by atoms with Crippen LogP contribution in [-0.2, 0) is 6.42 Å². The molecular formula is C29H45FN2O. The normalized spacial score (nSPS) is 13.1. The number of hydrogen-bond acceptors (Lipinski definition) is 3. The van der Waals surface area contributed by atoms with Gasteiger partial charge in [-0.25, -0.2) is 14.4 Å². The minimum atomic E-state index is -0.781. The van der Waals surface area contributed by atoms with Crippen LogP contribution in [0.5, 0.6) is 5.75 Å². The Bertz CT molecular complexity index is 732. The lowest BCUT2D eigenvalue weighted by Gasteiger charge is -2.13. The number of nitrogens with zero attached hydrogens (tertiary/aromatic N) is 2. The summed E-state index contributed by atoms with van der Waals surface area (Å²) in [4.78, 5) is 9.09. The van der Waals surface area contributed by atoms with E-state index >= 15 is 0 Å². The Morgan fingerprint density at radius 2 is 1.45 bits per heavy atom. The van der Waals surface area contributed by atoms with E-state index in [1.807, 2.05) is 36.7 Å². The van der Waals surface area contributed by atoms with E-state index < -0.39 is 6.17 Å². The maximum absolute atomic E-state index is 14.2. The summed E-state index contributed by atoms with van der Waals surface area (Å²) >= 11 is 0. The summed E-state index contributed by atoms with van der Waals surface area (Å²) in [7, 11) is 0. The molecule has 2 rings (SSSR count). The topological polar surface area (TPSA) is 35.0 Å². The van der Waals surface area contributed by atoms with E-state index in [2.05, 4.69) is 30.7 Å². The Morgan fingerprint density at radius 3 is 2.15 bits per heavy atom. The van der Waals surface area contributed by atoms with Crippen LogP contribution >= 0.6 is 0 Å². The van der Waals surface area contributed by atoms with Crippen LogP contribution in [0.2, 0.25) is 0 Å². The van der Waals surface area contributed by atoms with Crippen molar-refractivity contribution in [1.82, 2.24) is 9.97 Å². The van der Waals surface area contributed by atoms with Gasteiger partial charge >= 0.3 is 0 Å². The Kier molecular flexibility index (Phi) is 13.7. The number of hydrogen-bond donors (Lipinski definition) is 0. The van der Waals surface area contributed by atoms with Gasteiger partial charge in [-0.2, -0.15) is 0 Å². The fraction of sp³-hybridized carbons (Fsp3) is 0.655. The van der Waals surface area contributed by atoms with Crippen molar-refractivity contribution in [2.75, 3.05) is 6.61 Å². The fourth-order valence-electron chi connectivity index (χ4n) is 4.05. The third kappa shape index (κ3) is 11.6. The van der Waals surface area contributed by atoms with Crippen molar-refractivity contribution >= 4 is 0 Å². The summed E-state index contributed by atoms with van der Waals surface area (Å²) in [6.07, 6.45) is 17.7. The second-order valence-corrected chi connectivity index (χ2v) is 9.52. The molecule has 0 aliphatic heterocycles. The van der Waals surface area contributed by atoms with Gasteiger partial charge in [0, 0.05) is 24.4 Å². The number of unbranched alkanes of at least 4 members (excludes halogenated alkanes) is 6. The van der Waals surface area contributed by atoms with Gasteiger partial charge in [0.1, 0.15) is 11.9 Å². The van der Waals surface area contributed by atoms with Gasteiger partial charge < -0.3 is 4.74 Å². The second-order valence-electron chi connectivity index (χ2n) is 9.52. The molecule has 2 atom stereocenters. The summed E-state index contributed by atoms with van der Waals surface area (Å²) in [5.41, 5.74) is 2.17. The smallest absolute Gasteiger partial charge is 0.159 e. The Balaban J connectivity index is 1.67. The summed E-state index contributed by atoms with van der Waals surface area (Å²) in [5.74, 6) is 2.11. The number of aryl methyl sites for hydroxylation is 1. The molecule has 0 aliphatic carbocycles. The van der Waals surface area contributed by atoms with Crippen molar-refractivity contribution in [3.8, 4) is 17.1 Å². The molecule has 33 heavy (non-hydrogen) atoms. The lowest BCUT2D eigenvalue weighted by Crippen LogP contribution is -2.09. The van der Waals surface area contributed by atoms with E-state index in [1.54, 1.807) is 0 Å². The van der Waals surface area contributed by atoms with Crippen LogP contribution in [0.1, 0.15) is 103 Å². The highest BCUT2D eigenvalue weighted by molar-refractivity contribution is 5.55. The molecule has 0 saturated carbocycles. The minimum Gasteiger partial charge on any atom is -0.493 e. The average Bonchev–Trinajstić information content (AvgIpc) is 2.84. The van der Waals surface area contributed by atoms with Crippen LogP contribution in [-0.4, -0.2) is 22.7 Å². The Morgan fingerprint density at radius 1 is 0.788 bits per heavy atom. The molecule has 2 aromatic rings. The van der Waals surface area contributed by atoms with Gasteiger partial charge in [-0.05, 0) is 61.4 Å². The first kappa shape index (κ1) is 27.3. The van der Waals surface area contributed by atoms with Crippen LogP contribution < -0.4 is 4.74 Å². The second kappa shape index (κ2) is 16.6. The number of alkyl halides is 1. The van der Waals surface area contributed by atoms with Crippen molar-refractivity contribution in [2.45, 2.75) is 110 Å². The molecule has 0 amide bonds. The first-order valence-corrected chi connectivity index (χ1v) is 13.3. The van der Waals surface area contributed by atoms with Crippen LogP contribution in [0.4, 0.5) is 4.39 Å². The highest BCUT2D eigenvalue weighted by Crippen LogP contribution is 2.21. The van der Waals surface area contributed by atoms with Crippen LogP contribution in [0.3, 0.4) is 0 Å². The molecule has 0 N–H and O–H groups in total. The van der Waals surface area contributed by atoms with Crippen molar-refractivity contribution in [1.29, 1.82) is 0 Å². The molecule has 1 aromatic heterocycles. The predicted molar refractivity (Wildman–Crippen MR) is 137 cm³/mol. The van der Waals surface area contributed by atoms with E-state index in [9.17, 15) is 4.39 Å². The standard InChI is InChI=1S/C29H45FN2O/c1-4-6-8-9-10-11-13-25-22-31-29(32-23-25)26-15-18-28(19-16-26)33-21-20-27(30)17-14-24(3)12-7-5-2/h15-16,18-19,22-24,27H,4-14,17,20-21H2,1-3H3. The highest BCUT2D eigenvalue weighted by atomic mass is 19.1. The van der Waals surface area contributed by atoms with Gasteiger partial charge in [0.05, 0.1) is 6.61 Å². The molecule has 0 spiro atoms. The van der Waals surface area contributed by atoms with E-state index in [-0.39, 0.29) is 0 Å². The van der Waals surface area contributed by atoms with Crippen molar-refractivity contribution in [2.24, 2.45) is 5.92 Å². The first-order valence-electron chi connectivity index (χ1n) is 13.3. The maximum Gasteiger partial charge on any atom is 0.159 e. The maximum atomic E-state index is 14.2. The quantitative estimate of drug-likeness (QED) is 0.210. The lowest BCUT2D eigenvalue weighted by molar-refractivity contribution is 0.216. The third-order valence-electron chi connectivity index (χ3n) is 6.36. The molecule has 2 unspecified atom stereocenters. The van der Waals surface area contributed by atoms with Gasteiger partial charge in [0.25, 0.3) is 0 Å².